The molecule has 3 rings (SSSR count). The summed E-state index contributed by atoms with van der Waals surface area (Å²) < 4.78 is 21.2. The largest absolute Gasteiger partial charge is 0.483 e. The van der Waals surface area contributed by atoms with Crippen LogP contribution < -0.4 is 10.1 Å². The first-order chi connectivity index (χ1) is 15.7. The molecule has 0 radical (unpaired) electrons. The number of rotatable bonds is 9. The lowest BCUT2D eigenvalue weighted by molar-refractivity contribution is -0.113. The van der Waals surface area contributed by atoms with Crippen molar-refractivity contribution < 1.29 is 13.9 Å². The summed E-state index contributed by atoms with van der Waals surface area (Å²) in [5, 5.41) is 12.4. The normalized spacial score (nSPS) is 11.8. The number of hydrogen-bond donors (Lipinski definition) is 1. The number of benzene rings is 2. The molecule has 1 unspecified atom stereocenters. The highest BCUT2D eigenvalue weighted by molar-refractivity contribution is 7.99. The predicted molar refractivity (Wildman–Crippen MR) is 131 cm³/mol. The first kappa shape index (κ1) is 25.1. The molecule has 0 aliphatic carbocycles. The summed E-state index contributed by atoms with van der Waals surface area (Å²) in [5.74, 6) is 0.535. The summed E-state index contributed by atoms with van der Waals surface area (Å²) in [6.45, 7) is 9.97. The van der Waals surface area contributed by atoms with Crippen molar-refractivity contribution in [1.29, 1.82) is 0 Å². The number of ether oxygens (including phenoxy) is 1. The van der Waals surface area contributed by atoms with Crippen LogP contribution in [0.4, 0.5) is 10.1 Å². The van der Waals surface area contributed by atoms with Crippen LogP contribution in [0.1, 0.15) is 30.0 Å². The van der Waals surface area contributed by atoms with Crippen LogP contribution in [-0.4, -0.2) is 26.4 Å². The zero-order chi connectivity index (χ0) is 24.1. The Labute approximate surface area is 206 Å². The number of anilines is 1. The van der Waals surface area contributed by atoms with Crippen LogP contribution >= 0.6 is 35.0 Å². The molecule has 0 aliphatic rings. The van der Waals surface area contributed by atoms with E-state index in [0.717, 1.165) is 11.1 Å². The number of allylic oxidation sites excluding steroid dienone is 1. The van der Waals surface area contributed by atoms with Crippen LogP contribution in [0.25, 0.3) is 0 Å². The average molecular weight is 509 g/mol. The first-order valence-electron chi connectivity index (χ1n) is 10.0. The molecule has 0 aliphatic heterocycles. The van der Waals surface area contributed by atoms with Gasteiger partial charge in [0.25, 0.3) is 0 Å². The van der Waals surface area contributed by atoms with Crippen LogP contribution in [0.3, 0.4) is 0 Å². The number of carbonyl (C=O) groups excluding carboxylic acids is 1. The van der Waals surface area contributed by atoms with E-state index >= 15 is 0 Å². The van der Waals surface area contributed by atoms with Crippen molar-refractivity contribution in [3.05, 3.63) is 75.8 Å². The highest BCUT2D eigenvalue weighted by Crippen LogP contribution is 2.30. The molecule has 0 saturated heterocycles. The molecule has 1 heterocycles. The molecule has 0 bridgehead atoms. The SMILES string of the molecule is C=CCn1c(SCC(=O)Nc2ccc(F)c(Cl)c2)nnc1C(C)Oc1cc(C)c(Cl)c(C)c1. The van der Waals surface area contributed by atoms with Gasteiger partial charge in [-0.2, -0.15) is 0 Å². The molecule has 6 nitrogen and oxygen atoms in total. The smallest absolute Gasteiger partial charge is 0.234 e. The van der Waals surface area contributed by atoms with E-state index in [2.05, 4.69) is 22.1 Å². The Hall–Kier alpha value is -2.55. The maximum Gasteiger partial charge on any atom is 0.234 e. The second-order valence-corrected chi connectivity index (χ2v) is 9.06. The third-order valence-electron chi connectivity index (χ3n) is 4.68. The summed E-state index contributed by atoms with van der Waals surface area (Å²) >= 11 is 13.2. The Kier molecular flexibility index (Phi) is 8.40. The lowest BCUT2D eigenvalue weighted by Crippen LogP contribution is -2.15. The van der Waals surface area contributed by atoms with Gasteiger partial charge in [0, 0.05) is 17.3 Å². The fourth-order valence-electron chi connectivity index (χ4n) is 3.14. The van der Waals surface area contributed by atoms with Gasteiger partial charge < -0.3 is 10.1 Å². The number of aryl methyl sites for hydroxylation is 2. The van der Waals surface area contributed by atoms with Crippen LogP contribution in [0.2, 0.25) is 10.0 Å². The van der Waals surface area contributed by atoms with Crippen molar-refractivity contribution in [2.45, 2.75) is 38.6 Å². The Bertz CT molecular complexity index is 1160. The van der Waals surface area contributed by atoms with Crippen LogP contribution in [0.5, 0.6) is 5.75 Å². The molecule has 0 fully saturated rings. The van der Waals surface area contributed by atoms with Gasteiger partial charge in [-0.15, -0.1) is 16.8 Å². The Morgan fingerprint density at radius 1 is 1.27 bits per heavy atom. The Morgan fingerprint density at radius 2 is 1.97 bits per heavy atom. The number of halogens is 3. The quantitative estimate of drug-likeness (QED) is 0.267. The summed E-state index contributed by atoms with van der Waals surface area (Å²) in [6, 6.07) is 7.75. The minimum atomic E-state index is -0.547. The van der Waals surface area contributed by atoms with E-state index in [1.54, 1.807) is 6.08 Å². The summed E-state index contributed by atoms with van der Waals surface area (Å²) in [4.78, 5) is 12.3. The van der Waals surface area contributed by atoms with E-state index in [4.69, 9.17) is 27.9 Å². The van der Waals surface area contributed by atoms with Crippen molar-refractivity contribution in [3.63, 3.8) is 0 Å². The summed E-state index contributed by atoms with van der Waals surface area (Å²) in [5.41, 5.74) is 2.27. The number of hydrogen-bond acceptors (Lipinski definition) is 5. The molecule has 1 N–H and O–H groups in total. The highest BCUT2D eigenvalue weighted by atomic mass is 35.5. The number of aromatic nitrogens is 3. The summed E-state index contributed by atoms with van der Waals surface area (Å²) in [7, 11) is 0. The van der Waals surface area contributed by atoms with Crippen molar-refractivity contribution in [3.8, 4) is 5.75 Å². The van der Waals surface area contributed by atoms with E-state index in [-0.39, 0.29) is 16.7 Å². The second-order valence-electron chi connectivity index (χ2n) is 7.34. The lowest BCUT2D eigenvalue weighted by Gasteiger charge is -2.17. The molecule has 1 aromatic heterocycles. The molecule has 0 saturated carbocycles. The lowest BCUT2D eigenvalue weighted by atomic mass is 10.1. The fourth-order valence-corrected chi connectivity index (χ4v) is 4.18. The third kappa shape index (κ3) is 6.28. The van der Waals surface area contributed by atoms with Gasteiger partial charge in [-0.3, -0.25) is 9.36 Å². The van der Waals surface area contributed by atoms with E-state index in [9.17, 15) is 9.18 Å². The number of amides is 1. The molecular formula is C23H23Cl2FN4O2S. The van der Waals surface area contributed by atoms with E-state index < -0.39 is 11.9 Å². The number of carbonyl (C=O) groups is 1. The van der Waals surface area contributed by atoms with Crippen molar-refractivity contribution in [2.75, 3.05) is 11.1 Å². The van der Waals surface area contributed by atoms with E-state index in [1.807, 2.05) is 37.5 Å². The van der Waals surface area contributed by atoms with Gasteiger partial charge in [-0.25, -0.2) is 4.39 Å². The molecule has 174 valence electrons. The number of nitrogens with one attached hydrogen (secondary N) is 1. The maximum absolute atomic E-state index is 13.3. The predicted octanol–water partition coefficient (Wildman–Crippen LogP) is 6.40. The molecule has 33 heavy (non-hydrogen) atoms. The van der Waals surface area contributed by atoms with Gasteiger partial charge in [0.05, 0.1) is 10.8 Å². The van der Waals surface area contributed by atoms with Crippen molar-refractivity contribution >= 4 is 46.6 Å². The van der Waals surface area contributed by atoms with Crippen molar-refractivity contribution in [1.82, 2.24) is 14.8 Å². The average Bonchev–Trinajstić information content (AvgIpc) is 3.16. The van der Waals surface area contributed by atoms with Crippen molar-refractivity contribution in [2.24, 2.45) is 0 Å². The third-order valence-corrected chi connectivity index (χ3v) is 6.53. The number of nitrogens with zero attached hydrogens (tertiary/aromatic N) is 3. The van der Waals surface area contributed by atoms with E-state index in [0.29, 0.717) is 34.0 Å². The number of thioether (sulfide) groups is 1. The molecule has 0 spiro atoms. The van der Waals surface area contributed by atoms with Gasteiger partial charge >= 0.3 is 0 Å². The van der Waals surface area contributed by atoms with Crippen LogP contribution in [-0.2, 0) is 11.3 Å². The van der Waals surface area contributed by atoms with Crippen LogP contribution in [0, 0.1) is 19.7 Å². The second kappa shape index (κ2) is 11.0. The van der Waals surface area contributed by atoms with Gasteiger partial charge in [0.1, 0.15) is 11.6 Å². The minimum absolute atomic E-state index is 0.0594. The standard InChI is InChI=1S/C23H23Cl2FN4O2S/c1-5-8-30-22(15(4)32-17-9-13(2)21(25)14(3)10-17)28-29-23(30)33-12-20(31)27-16-6-7-19(26)18(24)11-16/h5-7,9-11,15H,1,8,12H2,2-4H3,(H,27,31). The Balaban J connectivity index is 1.70. The minimum Gasteiger partial charge on any atom is -0.483 e. The van der Waals surface area contributed by atoms with Crippen LogP contribution in [0.15, 0.2) is 48.1 Å². The van der Waals surface area contributed by atoms with Gasteiger partial charge in [0.2, 0.25) is 5.91 Å². The van der Waals surface area contributed by atoms with Gasteiger partial charge in [-0.1, -0.05) is 41.0 Å². The molecule has 1 amide bonds. The monoisotopic (exact) mass is 508 g/mol. The zero-order valence-electron chi connectivity index (χ0n) is 18.4. The Morgan fingerprint density at radius 3 is 2.61 bits per heavy atom. The molecule has 2 aromatic carbocycles. The molecular weight excluding hydrogens is 486 g/mol. The van der Waals surface area contributed by atoms with Gasteiger partial charge in [-0.05, 0) is 62.2 Å². The molecule has 10 heteroatoms. The van der Waals surface area contributed by atoms with Gasteiger partial charge in [0.15, 0.2) is 17.1 Å². The first-order valence-corrected chi connectivity index (χ1v) is 11.8. The highest BCUT2D eigenvalue weighted by Gasteiger charge is 2.20. The molecule has 1 atom stereocenters. The molecule has 3 aromatic rings. The fraction of sp³-hybridized carbons (Fsp3) is 0.261. The maximum atomic E-state index is 13.3. The van der Waals surface area contributed by atoms with E-state index in [1.165, 1.54) is 30.0 Å². The summed E-state index contributed by atoms with van der Waals surface area (Å²) in [6.07, 6.45) is 1.32. The zero-order valence-corrected chi connectivity index (χ0v) is 20.7. The topological polar surface area (TPSA) is 69.0 Å².